The van der Waals surface area contributed by atoms with E-state index in [-0.39, 0.29) is 0 Å². The Morgan fingerprint density at radius 1 is 0.848 bits per heavy atom. The van der Waals surface area contributed by atoms with Crippen LogP contribution in [0.3, 0.4) is 0 Å². The summed E-state index contributed by atoms with van der Waals surface area (Å²) < 4.78 is 4.29. The Balaban J connectivity index is 1.33. The highest BCUT2D eigenvalue weighted by Crippen LogP contribution is 2.29. The van der Waals surface area contributed by atoms with Crippen molar-refractivity contribution in [1.29, 1.82) is 0 Å². The lowest BCUT2D eigenvalue weighted by Gasteiger charge is -2.14. The summed E-state index contributed by atoms with van der Waals surface area (Å²) in [5.74, 6) is 1.43. The van der Waals surface area contributed by atoms with Crippen LogP contribution in [-0.2, 0) is 19.5 Å². The van der Waals surface area contributed by atoms with Crippen molar-refractivity contribution >= 4 is 33.6 Å². The second kappa shape index (κ2) is 9.65. The molecule has 5 nitrogen and oxygen atoms in total. The lowest BCUT2D eigenvalue weighted by molar-refractivity contribution is 0.181. The van der Waals surface area contributed by atoms with Gasteiger partial charge in [-0.2, -0.15) is 0 Å². The van der Waals surface area contributed by atoms with Gasteiger partial charge in [0.2, 0.25) is 0 Å². The van der Waals surface area contributed by atoms with Crippen molar-refractivity contribution < 1.29 is 5.11 Å². The molecule has 0 amide bonds. The Labute approximate surface area is 197 Å². The summed E-state index contributed by atoms with van der Waals surface area (Å²) >= 11 is 1.54. The van der Waals surface area contributed by atoms with Crippen molar-refractivity contribution in [1.82, 2.24) is 19.3 Å². The van der Waals surface area contributed by atoms with Crippen LogP contribution in [-0.4, -0.2) is 36.3 Å². The molecule has 0 fully saturated rings. The topological polar surface area (TPSA) is 55.9 Å². The first-order chi connectivity index (χ1) is 16.2. The van der Waals surface area contributed by atoms with Crippen molar-refractivity contribution in [3.63, 3.8) is 0 Å². The number of hydrogen-bond donors (Lipinski definition) is 1. The molecule has 1 N–H and O–H groups in total. The molecule has 166 valence electrons. The van der Waals surface area contributed by atoms with Crippen LogP contribution in [0.25, 0.3) is 21.8 Å². The van der Waals surface area contributed by atoms with Crippen LogP contribution in [0, 0.1) is 0 Å². The molecule has 0 bridgehead atoms. The van der Waals surface area contributed by atoms with Crippen molar-refractivity contribution in [2.75, 3.05) is 5.75 Å². The molecule has 33 heavy (non-hydrogen) atoms. The molecule has 3 aromatic carbocycles. The monoisotopic (exact) mass is 454 g/mol. The summed E-state index contributed by atoms with van der Waals surface area (Å²) in [6.45, 7) is 5.05. The molecule has 1 unspecified atom stereocenters. The summed E-state index contributed by atoms with van der Waals surface area (Å²) in [6.07, 6.45) is 2.04. The van der Waals surface area contributed by atoms with Crippen molar-refractivity contribution in [2.45, 2.75) is 30.8 Å². The average Bonchev–Trinajstić information content (AvgIpc) is 3.38. The van der Waals surface area contributed by atoms with Gasteiger partial charge in [0.25, 0.3) is 0 Å². The van der Waals surface area contributed by atoms with Crippen molar-refractivity contribution in [3.8, 4) is 0 Å². The SMILES string of the molecule is C=CCn1c(Cc2ccccc2)nnc1SCC(O)Cn1c2ccccc2c2ccccc21. The van der Waals surface area contributed by atoms with Crippen LogP contribution in [0.4, 0.5) is 0 Å². The first-order valence-corrected chi connectivity index (χ1v) is 12.1. The summed E-state index contributed by atoms with van der Waals surface area (Å²) in [5, 5.41) is 23.0. The fourth-order valence-corrected chi connectivity index (χ4v) is 5.16. The molecule has 0 spiro atoms. The minimum Gasteiger partial charge on any atom is -0.390 e. The van der Waals surface area contributed by atoms with E-state index in [0.29, 0.717) is 25.3 Å². The van der Waals surface area contributed by atoms with Gasteiger partial charge in [-0.25, -0.2) is 0 Å². The number of allylic oxidation sites excluding steroid dienone is 1. The fraction of sp³-hybridized carbons (Fsp3) is 0.185. The number of aliphatic hydroxyl groups excluding tert-OH is 1. The van der Waals surface area contributed by atoms with E-state index in [0.717, 1.165) is 22.0 Å². The van der Waals surface area contributed by atoms with E-state index in [1.54, 1.807) is 0 Å². The summed E-state index contributed by atoms with van der Waals surface area (Å²) in [6, 6.07) is 27.0. The van der Waals surface area contributed by atoms with Gasteiger partial charge in [0.1, 0.15) is 5.82 Å². The third-order valence-corrected chi connectivity index (χ3v) is 6.90. The van der Waals surface area contributed by atoms with Crippen LogP contribution in [0.2, 0.25) is 0 Å². The second-order valence-corrected chi connectivity index (χ2v) is 9.06. The van der Waals surface area contributed by atoms with Gasteiger partial charge in [0, 0.05) is 40.5 Å². The third-order valence-electron chi connectivity index (χ3n) is 5.79. The molecular weight excluding hydrogens is 428 g/mol. The zero-order chi connectivity index (χ0) is 22.6. The van der Waals surface area contributed by atoms with Crippen LogP contribution < -0.4 is 0 Å². The molecule has 0 aliphatic carbocycles. The lowest BCUT2D eigenvalue weighted by atomic mass is 10.1. The lowest BCUT2D eigenvalue weighted by Crippen LogP contribution is -2.19. The molecule has 0 aliphatic heterocycles. The Bertz CT molecular complexity index is 1340. The largest absolute Gasteiger partial charge is 0.390 e. The second-order valence-electron chi connectivity index (χ2n) is 8.07. The van der Waals surface area contributed by atoms with Gasteiger partial charge in [-0.1, -0.05) is 84.6 Å². The Morgan fingerprint density at radius 3 is 2.15 bits per heavy atom. The van der Waals surface area contributed by atoms with Gasteiger partial charge in [0.15, 0.2) is 5.16 Å². The van der Waals surface area contributed by atoms with Crippen molar-refractivity contribution in [3.05, 3.63) is 103 Å². The zero-order valence-electron chi connectivity index (χ0n) is 18.3. The van der Waals surface area contributed by atoms with E-state index in [1.807, 2.05) is 36.4 Å². The molecule has 0 aliphatic rings. The van der Waals surface area contributed by atoms with Gasteiger partial charge in [-0.15, -0.1) is 16.8 Å². The third kappa shape index (κ3) is 4.45. The molecule has 5 rings (SSSR count). The molecule has 6 heteroatoms. The Kier molecular flexibility index (Phi) is 6.28. The van der Waals surface area contributed by atoms with Crippen LogP contribution >= 0.6 is 11.8 Å². The highest BCUT2D eigenvalue weighted by Gasteiger charge is 2.17. The normalized spacial score (nSPS) is 12.4. The molecule has 2 heterocycles. The molecule has 0 saturated carbocycles. The summed E-state index contributed by atoms with van der Waals surface area (Å²) in [5.41, 5.74) is 3.48. The number of rotatable bonds is 9. The molecule has 2 aromatic heterocycles. The van der Waals surface area contributed by atoms with Gasteiger partial charge in [-0.05, 0) is 17.7 Å². The molecule has 0 saturated heterocycles. The highest BCUT2D eigenvalue weighted by molar-refractivity contribution is 7.99. The van der Waals surface area contributed by atoms with E-state index in [1.165, 1.54) is 28.1 Å². The number of hydrogen-bond acceptors (Lipinski definition) is 4. The molecular formula is C27H26N4OS. The number of aliphatic hydroxyl groups is 1. The van der Waals surface area contributed by atoms with Crippen LogP contribution in [0.5, 0.6) is 0 Å². The molecule has 0 radical (unpaired) electrons. The minimum absolute atomic E-state index is 0.521. The van der Waals surface area contributed by atoms with E-state index in [4.69, 9.17) is 0 Å². The van der Waals surface area contributed by atoms with Crippen LogP contribution in [0.15, 0.2) is 96.7 Å². The Morgan fingerprint density at radius 2 is 1.48 bits per heavy atom. The van der Waals surface area contributed by atoms with E-state index in [9.17, 15) is 5.11 Å². The van der Waals surface area contributed by atoms with Gasteiger partial charge in [-0.3, -0.25) is 0 Å². The summed E-state index contributed by atoms with van der Waals surface area (Å²) in [7, 11) is 0. The maximum Gasteiger partial charge on any atom is 0.191 e. The number of nitrogens with zero attached hydrogens (tertiary/aromatic N) is 4. The first-order valence-electron chi connectivity index (χ1n) is 11.1. The van der Waals surface area contributed by atoms with E-state index in [2.05, 4.69) is 74.4 Å². The van der Waals surface area contributed by atoms with Crippen LogP contribution in [0.1, 0.15) is 11.4 Å². The first kappa shape index (κ1) is 21.5. The van der Waals surface area contributed by atoms with Gasteiger partial charge >= 0.3 is 0 Å². The molecule has 1 atom stereocenters. The fourth-order valence-electron chi connectivity index (χ4n) is 4.28. The minimum atomic E-state index is -0.527. The number of fused-ring (bicyclic) bond motifs is 3. The predicted octanol–water partition coefficient (Wildman–Crippen LogP) is 5.32. The number of thioether (sulfide) groups is 1. The number of aromatic nitrogens is 4. The smallest absolute Gasteiger partial charge is 0.191 e. The highest BCUT2D eigenvalue weighted by atomic mass is 32.2. The van der Waals surface area contributed by atoms with E-state index < -0.39 is 6.10 Å². The standard InChI is InChI=1S/C27H26N4OS/c1-2-16-30-26(17-20-10-4-3-5-11-20)28-29-27(30)33-19-21(32)18-31-24-14-8-6-12-22(24)23-13-7-9-15-25(23)31/h2-15,21,32H,1,16-19H2. The maximum absolute atomic E-state index is 10.9. The van der Waals surface area contributed by atoms with Crippen molar-refractivity contribution in [2.24, 2.45) is 0 Å². The molecule has 5 aromatic rings. The maximum atomic E-state index is 10.9. The quantitative estimate of drug-likeness (QED) is 0.242. The van der Waals surface area contributed by atoms with Gasteiger partial charge < -0.3 is 14.2 Å². The summed E-state index contributed by atoms with van der Waals surface area (Å²) in [4.78, 5) is 0. The predicted molar refractivity (Wildman–Crippen MR) is 136 cm³/mol. The zero-order valence-corrected chi connectivity index (χ0v) is 19.2. The number of benzene rings is 3. The Hall–Kier alpha value is -3.35. The van der Waals surface area contributed by atoms with E-state index >= 15 is 0 Å². The average molecular weight is 455 g/mol. The number of para-hydroxylation sites is 2. The van der Waals surface area contributed by atoms with Gasteiger partial charge in [0.05, 0.1) is 12.6 Å².